The lowest BCUT2D eigenvalue weighted by atomic mass is 9.42. The molecule has 0 amide bonds. The maximum absolute atomic E-state index is 16.3. The van der Waals surface area contributed by atoms with Gasteiger partial charge in [-0.25, -0.2) is 0 Å². The molecule has 2 saturated heterocycles. The van der Waals surface area contributed by atoms with Gasteiger partial charge < -0.3 is 72.5 Å². The molecule has 18 nitrogen and oxygen atoms in total. The Kier molecular flexibility index (Phi) is 16.6. The van der Waals surface area contributed by atoms with Gasteiger partial charge in [0.25, 0.3) is 0 Å². The Morgan fingerprint density at radius 3 is 2.42 bits per heavy atom. The van der Waals surface area contributed by atoms with Crippen LogP contribution in [0.1, 0.15) is 140 Å². The molecule has 10 aliphatic rings. The van der Waals surface area contributed by atoms with Crippen molar-refractivity contribution >= 4 is 45.1 Å². The number of hydrogen-bond donors (Lipinski definition) is 13. The molecular formula is C66H89N5O13S2. The predicted octanol–water partition coefficient (Wildman–Crippen LogP) is 5.07. The highest BCUT2D eigenvalue weighted by Crippen LogP contribution is 2.74. The van der Waals surface area contributed by atoms with Crippen LogP contribution in [0.4, 0.5) is 0 Å². The summed E-state index contributed by atoms with van der Waals surface area (Å²) < 4.78 is 5.99. The van der Waals surface area contributed by atoms with Crippen LogP contribution in [0.15, 0.2) is 70.6 Å². The summed E-state index contributed by atoms with van der Waals surface area (Å²) in [6, 6.07) is 7.15. The lowest BCUT2D eigenvalue weighted by Gasteiger charge is -2.64. The number of rotatable bonds is 8. The quantitative estimate of drug-likeness (QED) is 0.0312. The number of allylic oxidation sites excluding steroid dienone is 3. The molecule has 5 saturated carbocycles. The van der Waals surface area contributed by atoms with Gasteiger partial charge in [0.1, 0.15) is 11.8 Å². The van der Waals surface area contributed by atoms with Gasteiger partial charge in [-0.3, -0.25) is 19.4 Å². The maximum Gasteiger partial charge on any atom is 0.313 e. The van der Waals surface area contributed by atoms with Crippen LogP contribution in [0.3, 0.4) is 0 Å². The Morgan fingerprint density at radius 1 is 0.930 bits per heavy atom. The minimum absolute atomic E-state index is 0.00114. The third kappa shape index (κ3) is 9.92. The van der Waals surface area contributed by atoms with Crippen molar-refractivity contribution in [3.63, 3.8) is 0 Å². The zero-order valence-electron chi connectivity index (χ0n) is 49.7. The molecule has 7 fully saturated rings. The van der Waals surface area contributed by atoms with Crippen LogP contribution in [-0.2, 0) is 19.1 Å². The van der Waals surface area contributed by atoms with Crippen molar-refractivity contribution in [2.24, 2.45) is 97.8 Å². The second-order valence-electron chi connectivity index (χ2n) is 28.6. The summed E-state index contributed by atoms with van der Waals surface area (Å²) in [4.78, 5) is 52.9. The molecule has 1 aromatic carbocycles. The van der Waals surface area contributed by atoms with Crippen molar-refractivity contribution in [1.82, 2.24) is 10.3 Å². The van der Waals surface area contributed by atoms with Crippen LogP contribution in [0.5, 0.6) is 5.75 Å². The van der Waals surface area contributed by atoms with Crippen LogP contribution >= 0.6 is 21.6 Å². The van der Waals surface area contributed by atoms with E-state index in [4.69, 9.17) is 16.2 Å². The molecule has 20 heteroatoms. The summed E-state index contributed by atoms with van der Waals surface area (Å²) in [5.41, 5.74) is 5.79. The van der Waals surface area contributed by atoms with Gasteiger partial charge in [-0.15, -0.1) is 5.92 Å². The van der Waals surface area contributed by atoms with Crippen molar-refractivity contribution in [3.8, 4) is 17.6 Å². The molecule has 2 aliphatic heterocycles. The second-order valence-corrected chi connectivity index (χ2v) is 31.1. The highest BCUT2D eigenvalue weighted by atomic mass is 33.1. The molecule has 2 aromatic rings. The lowest BCUT2D eigenvalue weighted by molar-refractivity contribution is -0.235. The van der Waals surface area contributed by atoms with Gasteiger partial charge in [0, 0.05) is 90.1 Å². The average molecular weight is 1220 g/mol. The van der Waals surface area contributed by atoms with Gasteiger partial charge in [0.15, 0.2) is 23.8 Å². The Bertz CT molecular complexity index is 3090. The largest absolute Gasteiger partial charge is 0.508 e. The first-order chi connectivity index (χ1) is 40.9. The number of ether oxygens (including phenoxy) is 1. The number of aliphatic hydroxyl groups excluding tert-OH is 4. The summed E-state index contributed by atoms with van der Waals surface area (Å²) >= 11 is 0. The van der Waals surface area contributed by atoms with Crippen LogP contribution in [-0.4, -0.2) is 147 Å². The number of carbonyl (C=O) groups is 3. The molecule has 1 aromatic heterocycles. The molecule has 22 atom stereocenters. The van der Waals surface area contributed by atoms with Gasteiger partial charge >= 0.3 is 5.97 Å². The van der Waals surface area contributed by atoms with Gasteiger partial charge in [-0.1, -0.05) is 65.1 Å². The molecule has 8 aliphatic carbocycles. The summed E-state index contributed by atoms with van der Waals surface area (Å²) in [5, 5.41) is 117. The summed E-state index contributed by atoms with van der Waals surface area (Å²) in [7, 11) is 2.94. The number of hydrogen-bond acceptors (Lipinski definition) is 17. The molecule has 0 unspecified atom stereocenters. The number of guanidine groups is 1. The summed E-state index contributed by atoms with van der Waals surface area (Å²) in [6.45, 7) is 5.19. The van der Waals surface area contributed by atoms with E-state index in [0.717, 1.165) is 30.4 Å². The van der Waals surface area contributed by atoms with E-state index >= 15 is 4.79 Å². The van der Waals surface area contributed by atoms with E-state index in [2.05, 4.69) is 40.1 Å². The number of ketones is 2. The number of aromatic amines is 1. The third-order valence-corrected chi connectivity index (χ3v) is 27.0. The number of nitrogens with zero attached hydrogens (tertiary/aromatic N) is 1. The maximum atomic E-state index is 16.3. The number of phenols is 1. The molecule has 0 radical (unpaired) electrons. The number of aliphatic hydroxyl groups is 8. The van der Waals surface area contributed by atoms with Gasteiger partial charge in [-0.05, 0) is 166 Å². The smallest absolute Gasteiger partial charge is 0.313 e. The van der Waals surface area contributed by atoms with Crippen LogP contribution < -0.4 is 16.8 Å². The number of benzene rings is 1. The number of fused-ring (bicyclic) bond motifs is 10. The number of aliphatic imine (C=N–C) groups is 1. The van der Waals surface area contributed by atoms with E-state index < -0.39 is 141 Å². The fourth-order valence-corrected chi connectivity index (χ4v) is 23.3. The number of aromatic nitrogens is 1. The first-order valence-corrected chi connectivity index (χ1v) is 34.0. The van der Waals surface area contributed by atoms with E-state index in [0.29, 0.717) is 30.9 Å². The van der Waals surface area contributed by atoms with Gasteiger partial charge in [0.05, 0.1) is 53.8 Å². The number of aromatic hydroxyl groups is 1. The lowest BCUT2D eigenvalue weighted by Crippen LogP contribution is -2.68. The monoisotopic (exact) mass is 1220 g/mol. The SMILES string of the molecule is C[C@@H]1CCC2=CC[C@H]3[C@H](C(O)O)C[C@]4(O)CC[C@@]3(C[C@@H]([C@H]3COC(=O)[C@H]3c3cc[nH]c3)C#CC[C@@H]3C[C@@]5(O)C6=C7N[C@@H](CO)C(=O)C[C@@H](c8ccc(O)cc8)CSSC[C@H]8[C@@H](O)[C@@H](O)C[C@@](C)([C@@H]8C7=O)[C@H]6CC[C@]5(CCN=C(N)N)[C@H]3[C@@]4(C)O)[C@H]2C1. The number of esters is 1. The number of Topliss-reactive ketones (excluding diaryl/α,β-unsaturated/α-hetero) is 2. The van der Waals surface area contributed by atoms with Crippen molar-refractivity contribution in [1.29, 1.82) is 0 Å². The molecular weight excluding hydrogens is 1130 g/mol. The molecule has 15 N–H and O–H groups in total. The van der Waals surface area contributed by atoms with Crippen LogP contribution in [0, 0.1) is 93.2 Å². The van der Waals surface area contributed by atoms with Crippen molar-refractivity contribution in [3.05, 3.63) is 76.8 Å². The number of carbonyl (C=O) groups excluding carboxylic acids is 3. The average Bonchev–Trinajstić information content (AvgIpc) is 1.36. The summed E-state index contributed by atoms with van der Waals surface area (Å²) in [5.74, 6) is -0.373. The number of nitrogens with two attached hydrogens (primary N) is 2. The predicted molar refractivity (Wildman–Crippen MR) is 325 cm³/mol. The highest BCUT2D eigenvalue weighted by molar-refractivity contribution is 8.76. The molecule has 3 heterocycles. The van der Waals surface area contributed by atoms with Gasteiger partial charge in [-0.2, -0.15) is 0 Å². The molecule has 1 spiro atoms. The first-order valence-electron chi connectivity index (χ1n) is 31.6. The zero-order chi connectivity index (χ0) is 61.0. The van der Waals surface area contributed by atoms with Crippen molar-refractivity contribution in [2.45, 2.75) is 170 Å². The minimum Gasteiger partial charge on any atom is -0.508 e. The second kappa shape index (κ2) is 23.1. The molecule has 468 valence electrons. The minimum atomic E-state index is -2.14. The number of H-pyrrole nitrogens is 1. The number of nitrogens with one attached hydrogen (secondary N) is 2. The van der Waals surface area contributed by atoms with Crippen molar-refractivity contribution < 1.29 is 65.1 Å². The Morgan fingerprint density at radius 2 is 1.70 bits per heavy atom. The number of phenolic OH excluding ortho intramolecular Hbond substituents is 1. The standard InChI is InChI=1S/C66H89N5O13S2/c1-34-7-8-36-11-14-45-42(58(78)79)27-65(82)19-18-63(45,47(36)23-34)25-37(43-31-84-59(80)51(43)39-16-21-69-29-39)5-4-6-38-26-66(83)53-46(15-17-64(66,20-22-70-60(67)68)57(38)62(65,3)81)61(2)28-50(75)55(76)44-33-86-85-32-40(35-9-12-41(73)13-10-35)24-49(74)48(30-72)71-54(53)56(77)52(44)61/h9-13,16,21,29,34,37-38,40,42-48,50-52,55,57-58,69,71-73,75-76,78-79,81-83H,6-8,14-15,17-20,22-28,30-33H2,1-3H3,(H4,67,68,70)/t34-,37+,38-,40-,42-,43-,44-,45+,46+,47+,48+,50+,51+,52+,55-,57-,61-,62-,63+,64+,65-,66-/m1/s1. The third-order valence-electron chi connectivity index (χ3n) is 24.5. The first kappa shape index (κ1) is 61.8. The fraction of sp³-hybridized carbons (Fsp3) is 0.697. The highest BCUT2D eigenvalue weighted by Gasteiger charge is 2.76. The van der Waals surface area contributed by atoms with Crippen molar-refractivity contribution in [2.75, 3.05) is 31.3 Å². The zero-order valence-corrected chi connectivity index (χ0v) is 51.3. The summed E-state index contributed by atoms with van der Waals surface area (Å²) in [6.07, 6.45) is 5.76. The normalized spacial score (nSPS) is 45.0. The Balaban J connectivity index is 1.07. The molecule has 12 rings (SSSR count). The van der Waals surface area contributed by atoms with E-state index in [-0.39, 0.29) is 112 Å². The Hall–Kier alpha value is -4.40. The van der Waals surface area contributed by atoms with E-state index in [9.17, 15) is 55.5 Å². The van der Waals surface area contributed by atoms with E-state index in [1.165, 1.54) is 27.2 Å². The van der Waals surface area contributed by atoms with Crippen LogP contribution in [0.25, 0.3) is 0 Å². The molecule has 86 heavy (non-hydrogen) atoms. The topological polar surface area (TPSA) is 335 Å². The molecule has 4 bridgehead atoms. The number of cyclic esters (lactones) is 1. The van der Waals surface area contributed by atoms with Crippen LogP contribution in [0.2, 0.25) is 0 Å². The Labute approximate surface area is 511 Å². The van der Waals surface area contributed by atoms with E-state index in [1.807, 2.05) is 19.2 Å². The fourth-order valence-electron chi connectivity index (χ4n) is 20.5. The van der Waals surface area contributed by atoms with E-state index in [1.54, 1.807) is 37.4 Å². The van der Waals surface area contributed by atoms with Gasteiger partial charge in [0.2, 0.25) is 0 Å².